The van der Waals surface area contributed by atoms with Crippen LogP contribution >= 0.6 is 0 Å². The highest BCUT2D eigenvalue weighted by atomic mass is 16.4. The lowest BCUT2D eigenvalue weighted by Gasteiger charge is -2.04. The lowest BCUT2D eigenvalue weighted by atomic mass is 10.0. The van der Waals surface area contributed by atoms with Gasteiger partial charge in [0.05, 0.1) is 0 Å². The molecule has 0 aliphatic heterocycles. The Labute approximate surface area is 189 Å². The van der Waals surface area contributed by atoms with E-state index in [0.717, 1.165) is 22.2 Å². The van der Waals surface area contributed by atoms with Gasteiger partial charge in [0.2, 0.25) is 0 Å². The lowest BCUT2D eigenvalue weighted by molar-refractivity contribution is -0.146. The van der Waals surface area contributed by atoms with Gasteiger partial charge in [0.15, 0.2) is 0 Å². The molecule has 11 heteroatoms. The molecule has 33 heavy (non-hydrogen) atoms. The summed E-state index contributed by atoms with van der Waals surface area (Å²) >= 11 is 0. The highest BCUT2D eigenvalue weighted by Crippen LogP contribution is 2.27. The molecule has 11 nitrogen and oxygen atoms in total. The maximum Gasteiger partial charge on any atom is 0.332 e. The van der Waals surface area contributed by atoms with E-state index in [1.54, 1.807) is 12.1 Å². The van der Waals surface area contributed by atoms with Crippen molar-refractivity contribution >= 4 is 34.5 Å². The number of aliphatic carboxylic acids is 2. The minimum atomic E-state index is -1.23. The van der Waals surface area contributed by atoms with Gasteiger partial charge in [-0.3, -0.25) is 10.8 Å². The second-order valence-electron chi connectivity index (χ2n) is 6.89. The van der Waals surface area contributed by atoms with Crippen molar-refractivity contribution in [2.75, 3.05) is 0 Å². The van der Waals surface area contributed by atoms with Crippen molar-refractivity contribution in [2.24, 2.45) is 11.5 Å². The predicted octanol–water partition coefficient (Wildman–Crippen LogP) is 1.31. The summed E-state index contributed by atoms with van der Waals surface area (Å²) in [6.07, 6.45) is -2.46. The van der Waals surface area contributed by atoms with Gasteiger partial charge in [-0.1, -0.05) is 30.3 Å². The highest BCUT2D eigenvalue weighted by Gasteiger charge is 2.12. The first-order chi connectivity index (χ1) is 15.3. The molecule has 2 aromatic carbocycles. The van der Waals surface area contributed by atoms with Crippen LogP contribution in [0.4, 0.5) is 0 Å². The maximum absolute atomic E-state index is 9.45. The third-order valence-corrected chi connectivity index (χ3v) is 4.14. The normalized spacial score (nSPS) is 11.8. The molecule has 0 spiro atoms. The van der Waals surface area contributed by atoms with E-state index in [-0.39, 0.29) is 11.7 Å². The molecule has 0 fully saturated rings. The van der Waals surface area contributed by atoms with Gasteiger partial charge in [0.1, 0.15) is 23.9 Å². The second-order valence-corrected chi connectivity index (χ2v) is 6.89. The molecule has 2 atom stereocenters. The first-order valence-corrected chi connectivity index (χ1v) is 9.57. The predicted molar refractivity (Wildman–Crippen MR) is 124 cm³/mol. The van der Waals surface area contributed by atoms with Crippen molar-refractivity contribution in [1.29, 1.82) is 10.8 Å². The van der Waals surface area contributed by atoms with E-state index < -0.39 is 24.1 Å². The van der Waals surface area contributed by atoms with Crippen molar-refractivity contribution in [2.45, 2.75) is 26.1 Å². The number of nitrogens with two attached hydrogens (primary N) is 2. The Morgan fingerprint density at radius 3 is 1.76 bits per heavy atom. The monoisotopic (exact) mass is 457 g/mol. The number of carboxylic acids is 2. The van der Waals surface area contributed by atoms with Gasteiger partial charge in [0, 0.05) is 27.7 Å². The van der Waals surface area contributed by atoms with E-state index in [1.165, 1.54) is 13.8 Å². The van der Waals surface area contributed by atoms with Crippen molar-refractivity contribution < 1.29 is 30.0 Å². The number of rotatable bonds is 5. The summed E-state index contributed by atoms with van der Waals surface area (Å²) in [6, 6.07) is 15.3. The molecular weight excluding hydrogens is 430 g/mol. The first kappa shape index (κ1) is 26.8. The zero-order chi connectivity index (χ0) is 25.3. The molecule has 3 aromatic rings. The molecule has 0 radical (unpaired) electrons. The molecule has 176 valence electrons. The summed E-state index contributed by atoms with van der Waals surface area (Å²) in [5, 5.41) is 47.7. The Morgan fingerprint density at radius 1 is 0.879 bits per heavy atom. The van der Waals surface area contributed by atoms with E-state index in [2.05, 4.69) is 4.98 Å². The molecule has 2 unspecified atom stereocenters. The topological polar surface area (TPSA) is 231 Å². The fourth-order valence-electron chi connectivity index (χ4n) is 2.39. The third kappa shape index (κ3) is 8.09. The van der Waals surface area contributed by atoms with Crippen LogP contribution in [0.5, 0.6) is 0 Å². The molecule has 0 aliphatic rings. The van der Waals surface area contributed by atoms with Gasteiger partial charge in [0.25, 0.3) is 0 Å². The number of benzene rings is 2. The van der Waals surface area contributed by atoms with E-state index in [0.29, 0.717) is 11.1 Å². The number of aliphatic hydroxyl groups excluding tert-OH is 2. The summed E-state index contributed by atoms with van der Waals surface area (Å²) in [4.78, 5) is 22.2. The number of nitrogens with one attached hydrogen (secondary N) is 3. The maximum atomic E-state index is 9.45. The van der Waals surface area contributed by atoms with Gasteiger partial charge in [-0.15, -0.1) is 0 Å². The fraction of sp³-hybridized carbons (Fsp3) is 0.182. The fourth-order valence-corrected chi connectivity index (χ4v) is 2.39. The average Bonchev–Trinajstić information content (AvgIpc) is 3.18. The highest BCUT2D eigenvalue weighted by molar-refractivity contribution is 6.11. The number of H-pyrrole nitrogens is 1. The summed E-state index contributed by atoms with van der Waals surface area (Å²) < 4.78 is 0. The van der Waals surface area contributed by atoms with Crippen LogP contribution in [0, 0.1) is 10.8 Å². The second kappa shape index (κ2) is 12.0. The molecule has 0 bridgehead atoms. The largest absolute Gasteiger partial charge is 0.479 e. The number of aromatic amines is 1. The van der Waals surface area contributed by atoms with Crippen LogP contribution < -0.4 is 11.5 Å². The molecule has 11 N–H and O–H groups in total. The molecule has 1 aromatic heterocycles. The van der Waals surface area contributed by atoms with Crippen molar-refractivity contribution in [3.63, 3.8) is 0 Å². The lowest BCUT2D eigenvalue weighted by Crippen LogP contribution is -2.15. The van der Waals surface area contributed by atoms with E-state index >= 15 is 0 Å². The summed E-state index contributed by atoms with van der Waals surface area (Å²) in [5.74, 6) is -2.46. The van der Waals surface area contributed by atoms with Crippen LogP contribution in [0.2, 0.25) is 0 Å². The minimum Gasteiger partial charge on any atom is -0.479 e. The van der Waals surface area contributed by atoms with Gasteiger partial charge >= 0.3 is 11.9 Å². The van der Waals surface area contributed by atoms with Crippen LogP contribution in [0.1, 0.15) is 25.0 Å². The number of nitrogen functional groups attached to an aromatic ring is 2. The number of aliphatic hydroxyl groups is 2. The number of hydrogen-bond donors (Lipinski definition) is 9. The third-order valence-electron chi connectivity index (χ3n) is 4.14. The van der Waals surface area contributed by atoms with Gasteiger partial charge < -0.3 is 36.9 Å². The molecule has 0 aliphatic carbocycles. The SMILES string of the molecule is CC(O)C(=O)O.CC(O)C(=O)O.N=C(N)c1cc(C(=N)N)c2cc(-c3ccccc3)[nH]c2c1. The van der Waals surface area contributed by atoms with E-state index in [9.17, 15) is 9.59 Å². The molecular formula is C22H27N5O6. The van der Waals surface area contributed by atoms with E-state index in [1.807, 2.05) is 36.4 Å². The Morgan fingerprint density at radius 2 is 1.36 bits per heavy atom. The molecule has 0 amide bonds. The van der Waals surface area contributed by atoms with Crippen LogP contribution in [0.3, 0.4) is 0 Å². The van der Waals surface area contributed by atoms with Gasteiger partial charge in [-0.05, 0) is 37.6 Å². The molecule has 0 saturated heterocycles. The van der Waals surface area contributed by atoms with Crippen LogP contribution in [0.15, 0.2) is 48.5 Å². The van der Waals surface area contributed by atoms with Crippen LogP contribution in [-0.2, 0) is 9.59 Å². The number of fused-ring (bicyclic) bond motifs is 1. The number of carboxylic acid groups (broad SMARTS) is 2. The Hall–Kier alpha value is -4.22. The smallest absolute Gasteiger partial charge is 0.332 e. The van der Waals surface area contributed by atoms with Crippen LogP contribution in [0.25, 0.3) is 22.2 Å². The number of amidine groups is 2. The van der Waals surface area contributed by atoms with Gasteiger partial charge in [-0.25, -0.2) is 9.59 Å². The quantitative estimate of drug-likeness (QED) is 0.200. The van der Waals surface area contributed by atoms with Crippen molar-refractivity contribution in [1.82, 2.24) is 4.98 Å². The first-order valence-electron chi connectivity index (χ1n) is 9.57. The summed E-state index contributed by atoms with van der Waals surface area (Å²) in [6.45, 7) is 2.39. The van der Waals surface area contributed by atoms with Crippen LogP contribution in [-0.4, -0.2) is 61.2 Å². The zero-order valence-electron chi connectivity index (χ0n) is 18.0. The Balaban J connectivity index is 0.000000377. The Kier molecular flexibility index (Phi) is 9.73. The molecule has 0 saturated carbocycles. The molecule has 3 rings (SSSR count). The van der Waals surface area contributed by atoms with Crippen molar-refractivity contribution in [3.8, 4) is 11.3 Å². The van der Waals surface area contributed by atoms with Crippen molar-refractivity contribution in [3.05, 3.63) is 59.7 Å². The number of hydrogen-bond acceptors (Lipinski definition) is 6. The Bertz CT molecular complexity index is 1120. The number of carbonyl (C=O) groups is 2. The summed E-state index contributed by atoms with van der Waals surface area (Å²) in [5.41, 5.74) is 15.1. The average molecular weight is 457 g/mol. The minimum absolute atomic E-state index is 0.0401. The summed E-state index contributed by atoms with van der Waals surface area (Å²) in [7, 11) is 0. The number of aromatic nitrogens is 1. The van der Waals surface area contributed by atoms with E-state index in [4.69, 9.17) is 42.7 Å². The van der Waals surface area contributed by atoms with Gasteiger partial charge in [-0.2, -0.15) is 0 Å². The zero-order valence-corrected chi connectivity index (χ0v) is 18.0. The molecule has 1 heterocycles. The standard InChI is InChI=1S/C16H15N5.2C3H6O3/c17-15(18)10-6-12(16(19)20)11-8-13(21-14(11)7-10)9-4-2-1-3-5-9;2*1-2(4)3(5)6/h1-8,21H,(H3,17,18)(H3,19,20);2*2,4H,1H3,(H,5,6).